The van der Waals surface area contributed by atoms with E-state index in [1.807, 2.05) is 55.5 Å². The molecule has 0 saturated heterocycles. The van der Waals surface area contributed by atoms with Crippen LogP contribution in [0.4, 0.5) is 11.5 Å². The largest absolute Gasteiger partial charge is 0.311 e. The molecule has 0 saturated carbocycles. The zero-order chi connectivity index (χ0) is 25.7. The highest BCUT2D eigenvalue weighted by Gasteiger charge is 2.58. The second-order valence-corrected chi connectivity index (χ2v) is 10.3. The molecule has 0 radical (unpaired) electrons. The Morgan fingerprint density at radius 2 is 1.73 bits per heavy atom. The number of hydrogen-bond donors (Lipinski definition) is 1. The Labute approximate surface area is 224 Å². The Kier molecular flexibility index (Phi) is 5.77. The van der Waals surface area contributed by atoms with Gasteiger partial charge < -0.3 is 10.2 Å². The highest BCUT2D eigenvalue weighted by atomic mass is 35.5. The molecule has 0 fully saturated rings. The molecule has 1 aromatic heterocycles. The van der Waals surface area contributed by atoms with Gasteiger partial charge >= 0.3 is 0 Å². The maximum Gasteiger partial charge on any atom is 0.244 e. The molecule has 186 valence electrons. The molecule has 9 heteroatoms. The van der Waals surface area contributed by atoms with Gasteiger partial charge in [-0.25, -0.2) is 4.68 Å². The maximum atomic E-state index is 14.3. The quantitative estimate of drug-likeness (QED) is 0.373. The van der Waals surface area contributed by atoms with E-state index in [0.717, 1.165) is 16.8 Å². The van der Waals surface area contributed by atoms with Crippen LogP contribution >= 0.6 is 23.2 Å². The van der Waals surface area contributed by atoms with Gasteiger partial charge in [0, 0.05) is 22.3 Å². The average molecular weight is 532 g/mol. The van der Waals surface area contributed by atoms with Crippen molar-refractivity contribution < 1.29 is 9.59 Å². The number of carbonyl (C=O) groups is 2. The van der Waals surface area contributed by atoms with Crippen LogP contribution in [0.15, 0.2) is 72.8 Å². The van der Waals surface area contributed by atoms with E-state index < -0.39 is 5.41 Å². The number of fused-ring (bicyclic) bond motifs is 4. The first-order valence-electron chi connectivity index (χ1n) is 12.1. The second kappa shape index (κ2) is 9.01. The number of nitrogens with zero attached hydrogens (tertiary/aromatic N) is 4. The average Bonchev–Trinajstić information content (AvgIpc) is 3.41. The van der Waals surface area contributed by atoms with Crippen molar-refractivity contribution >= 4 is 46.5 Å². The van der Waals surface area contributed by atoms with E-state index in [9.17, 15) is 9.59 Å². The third-order valence-electron chi connectivity index (χ3n) is 7.29. The van der Waals surface area contributed by atoms with E-state index in [0.29, 0.717) is 40.1 Å². The van der Waals surface area contributed by atoms with Gasteiger partial charge in [-0.05, 0) is 60.4 Å². The van der Waals surface area contributed by atoms with Crippen LogP contribution in [-0.2, 0) is 21.4 Å². The van der Waals surface area contributed by atoms with Crippen LogP contribution in [-0.4, -0.2) is 33.4 Å². The summed E-state index contributed by atoms with van der Waals surface area (Å²) in [5, 5.41) is 13.0. The first-order valence-corrected chi connectivity index (χ1v) is 12.8. The normalized spacial score (nSPS) is 19.1. The smallest absolute Gasteiger partial charge is 0.244 e. The van der Waals surface area contributed by atoms with Crippen LogP contribution < -0.4 is 10.2 Å². The summed E-state index contributed by atoms with van der Waals surface area (Å²) in [5.41, 5.74) is 2.62. The van der Waals surface area contributed by atoms with Gasteiger partial charge in [-0.3, -0.25) is 9.59 Å². The Morgan fingerprint density at radius 1 is 1.00 bits per heavy atom. The number of anilines is 2. The molecular formula is C28H23Cl2N5O2. The molecular weight excluding hydrogens is 509 g/mol. The minimum atomic E-state index is -1.30. The first kappa shape index (κ1) is 23.7. The van der Waals surface area contributed by atoms with Gasteiger partial charge in [0.1, 0.15) is 11.1 Å². The van der Waals surface area contributed by atoms with E-state index in [2.05, 4.69) is 15.6 Å². The van der Waals surface area contributed by atoms with E-state index in [1.54, 1.807) is 33.8 Å². The van der Waals surface area contributed by atoms with Gasteiger partial charge in [-0.15, -0.1) is 5.10 Å². The molecule has 3 aromatic carbocycles. The fraction of sp³-hybridized carbons (Fsp3) is 0.214. The summed E-state index contributed by atoms with van der Waals surface area (Å²) in [6, 6.07) is 22.6. The van der Waals surface area contributed by atoms with Crippen molar-refractivity contribution in [1.82, 2.24) is 15.0 Å². The highest BCUT2D eigenvalue weighted by Crippen LogP contribution is 2.52. The van der Waals surface area contributed by atoms with E-state index in [-0.39, 0.29) is 24.3 Å². The summed E-state index contributed by atoms with van der Waals surface area (Å²) >= 11 is 12.5. The number of halogens is 2. The molecule has 0 bridgehead atoms. The molecule has 2 aliphatic rings. The number of benzene rings is 3. The Morgan fingerprint density at radius 3 is 2.49 bits per heavy atom. The van der Waals surface area contributed by atoms with Crippen molar-refractivity contribution in [2.24, 2.45) is 0 Å². The molecule has 3 heterocycles. The van der Waals surface area contributed by atoms with Gasteiger partial charge in [0.25, 0.3) is 0 Å². The minimum Gasteiger partial charge on any atom is -0.311 e. The molecule has 2 atom stereocenters. The summed E-state index contributed by atoms with van der Waals surface area (Å²) in [7, 11) is 0. The maximum absolute atomic E-state index is 14.3. The number of aromatic nitrogens is 3. The van der Waals surface area contributed by atoms with Crippen molar-refractivity contribution in [2.75, 3.05) is 16.8 Å². The molecule has 7 nitrogen and oxygen atoms in total. The Bertz CT molecular complexity index is 1520. The molecule has 1 N–H and O–H groups in total. The molecule has 1 spiro atoms. The van der Waals surface area contributed by atoms with Gasteiger partial charge in [-0.2, -0.15) is 0 Å². The molecule has 2 aliphatic heterocycles. The number of amides is 2. The fourth-order valence-corrected chi connectivity index (χ4v) is 5.70. The molecule has 2 amide bonds. The topological polar surface area (TPSA) is 80.1 Å². The lowest BCUT2D eigenvalue weighted by Gasteiger charge is -2.31. The monoisotopic (exact) mass is 531 g/mol. The van der Waals surface area contributed by atoms with Crippen LogP contribution in [0.2, 0.25) is 10.0 Å². The Hall–Kier alpha value is -3.68. The Balaban J connectivity index is 1.45. The number of nitrogens with one attached hydrogen (secondary N) is 1. The molecule has 0 unspecified atom stereocenters. The van der Waals surface area contributed by atoms with Crippen molar-refractivity contribution in [2.45, 2.75) is 31.2 Å². The number of carbonyl (C=O) groups excluding carboxylic acids is 2. The zero-order valence-corrected chi connectivity index (χ0v) is 21.5. The van der Waals surface area contributed by atoms with Gasteiger partial charge in [0.2, 0.25) is 11.8 Å². The van der Waals surface area contributed by atoms with Crippen LogP contribution in [0, 0.1) is 0 Å². The van der Waals surface area contributed by atoms with Gasteiger partial charge in [0.15, 0.2) is 5.82 Å². The van der Waals surface area contributed by atoms with Crippen LogP contribution in [0.25, 0.3) is 0 Å². The van der Waals surface area contributed by atoms with Gasteiger partial charge in [0.05, 0.1) is 12.5 Å². The third-order valence-corrected chi connectivity index (χ3v) is 7.77. The summed E-state index contributed by atoms with van der Waals surface area (Å²) in [6.07, 6.45) is 0.603. The van der Waals surface area contributed by atoms with E-state index in [1.165, 1.54) is 0 Å². The highest BCUT2D eigenvalue weighted by molar-refractivity contribution is 6.31. The number of hydrogen-bond acceptors (Lipinski definition) is 4. The lowest BCUT2D eigenvalue weighted by atomic mass is 9.73. The third kappa shape index (κ3) is 3.81. The van der Waals surface area contributed by atoms with Crippen molar-refractivity contribution in [3.8, 4) is 0 Å². The molecule has 37 heavy (non-hydrogen) atoms. The standard InChI is InChI=1S/C28H23Cl2N5O2/c1-17(19-7-9-20(29)10-8-19)35-26-25(32-33-35)28(16-24(36)31-26)22-15-21(30)11-12-23(22)34(27(28)37)14-13-18-5-3-2-4-6-18/h2-12,15,17H,13-14,16H2,1H3,(H,31,36)/t17-,28+/m0/s1. The summed E-state index contributed by atoms with van der Waals surface area (Å²) in [4.78, 5) is 29.2. The summed E-state index contributed by atoms with van der Waals surface area (Å²) < 4.78 is 1.65. The van der Waals surface area contributed by atoms with Crippen molar-refractivity contribution in [3.63, 3.8) is 0 Å². The molecule has 0 aliphatic carbocycles. The zero-order valence-electron chi connectivity index (χ0n) is 20.0. The van der Waals surface area contributed by atoms with E-state index >= 15 is 0 Å². The lowest BCUT2D eigenvalue weighted by molar-refractivity contribution is -0.126. The van der Waals surface area contributed by atoms with Crippen molar-refractivity contribution in [3.05, 3.63) is 105 Å². The first-order chi connectivity index (χ1) is 17.9. The van der Waals surface area contributed by atoms with Crippen LogP contribution in [0.1, 0.15) is 41.8 Å². The molecule has 4 aromatic rings. The van der Waals surface area contributed by atoms with Crippen molar-refractivity contribution in [1.29, 1.82) is 0 Å². The SMILES string of the molecule is C[C@@H](c1ccc(Cl)cc1)n1nnc2c1NC(=O)C[C@]21C(=O)N(CCc2ccccc2)c2ccc(Cl)cc21. The predicted octanol–water partition coefficient (Wildman–Crippen LogP) is 5.41. The van der Waals surface area contributed by atoms with Gasteiger partial charge in [-0.1, -0.05) is 70.9 Å². The minimum absolute atomic E-state index is 0.0674. The van der Waals surface area contributed by atoms with Crippen LogP contribution in [0.3, 0.4) is 0 Å². The number of rotatable bonds is 5. The van der Waals surface area contributed by atoms with Crippen LogP contribution in [0.5, 0.6) is 0 Å². The summed E-state index contributed by atoms with van der Waals surface area (Å²) in [5.74, 6) is -0.0468. The second-order valence-electron chi connectivity index (χ2n) is 9.44. The lowest BCUT2D eigenvalue weighted by Crippen LogP contribution is -2.47. The predicted molar refractivity (Wildman–Crippen MR) is 143 cm³/mol. The van der Waals surface area contributed by atoms with E-state index in [4.69, 9.17) is 23.2 Å². The fourth-order valence-electron chi connectivity index (χ4n) is 5.40. The molecule has 6 rings (SSSR count). The summed E-state index contributed by atoms with van der Waals surface area (Å²) in [6.45, 7) is 2.42.